The van der Waals surface area contributed by atoms with Crippen molar-refractivity contribution >= 4 is 46.1 Å². The third-order valence-corrected chi connectivity index (χ3v) is 4.70. The van der Waals surface area contributed by atoms with E-state index < -0.39 is 0 Å². The van der Waals surface area contributed by atoms with Gasteiger partial charge in [0.1, 0.15) is 0 Å². The first-order valence-corrected chi connectivity index (χ1v) is 9.48. The molecule has 1 aromatic carbocycles. The van der Waals surface area contributed by atoms with Gasteiger partial charge in [-0.1, -0.05) is 37.2 Å². The predicted octanol–water partition coefficient (Wildman–Crippen LogP) is 1.66. The van der Waals surface area contributed by atoms with Crippen molar-refractivity contribution in [1.29, 1.82) is 0 Å². The van der Waals surface area contributed by atoms with Crippen LogP contribution in [0.3, 0.4) is 0 Å². The van der Waals surface area contributed by atoms with Gasteiger partial charge in [0.05, 0.1) is 23.2 Å². The highest BCUT2D eigenvalue weighted by Crippen LogP contribution is 2.21. The monoisotopic (exact) mass is 396 g/mol. The molecule has 0 aliphatic carbocycles. The van der Waals surface area contributed by atoms with Gasteiger partial charge < -0.3 is 10.6 Å². The number of likely N-dealkylation sites (N-methyl/N-ethyl adjacent to an activating group) is 1. The van der Waals surface area contributed by atoms with E-state index in [9.17, 15) is 14.4 Å². The molecule has 7 nitrogen and oxygen atoms in total. The van der Waals surface area contributed by atoms with Gasteiger partial charge in [0, 0.05) is 18.6 Å². The zero-order valence-electron chi connectivity index (χ0n) is 14.8. The number of rotatable bonds is 7. The third kappa shape index (κ3) is 5.22. The number of carbonyl (C=O) groups excluding carboxylic acids is 2. The molecule has 140 valence electrons. The predicted molar refractivity (Wildman–Crippen MR) is 104 cm³/mol. The number of nitrogens with one attached hydrogen (secondary N) is 2. The SMILES string of the molecule is CNC(=O)CNC(=O)CSc1nc2ccc(Cl)cc2c(=O)n1CC(C)C. The molecule has 9 heteroatoms. The van der Waals surface area contributed by atoms with Crippen LogP contribution in [0.5, 0.6) is 0 Å². The highest BCUT2D eigenvalue weighted by molar-refractivity contribution is 7.99. The molecule has 0 unspecified atom stereocenters. The lowest BCUT2D eigenvalue weighted by molar-refractivity contribution is -0.124. The van der Waals surface area contributed by atoms with Gasteiger partial charge in [-0.25, -0.2) is 4.98 Å². The van der Waals surface area contributed by atoms with Crippen LogP contribution in [0, 0.1) is 5.92 Å². The zero-order valence-corrected chi connectivity index (χ0v) is 16.4. The molecule has 1 aromatic heterocycles. The van der Waals surface area contributed by atoms with E-state index in [0.29, 0.717) is 27.6 Å². The standard InChI is InChI=1S/C17H21ClN4O3S/c1-10(2)8-22-16(25)12-6-11(18)4-5-13(12)21-17(22)26-9-15(24)20-7-14(23)19-3/h4-6,10H,7-9H2,1-3H3,(H,19,23)(H,20,24). The fraction of sp³-hybridized carbons (Fsp3) is 0.412. The summed E-state index contributed by atoms with van der Waals surface area (Å²) < 4.78 is 1.57. The number of carbonyl (C=O) groups is 2. The molecular weight excluding hydrogens is 376 g/mol. The largest absolute Gasteiger partial charge is 0.358 e. The second kappa shape index (κ2) is 9.05. The summed E-state index contributed by atoms with van der Waals surface area (Å²) in [6.45, 7) is 4.40. The Balaban J connectivity index is 2.27. The number of halogens is 1. The highest BCUT2D eigenvalue weighted by Gasteiger charge is 2.15. The molecular formula is C17H21ClN4O3S. The van der Waals surface area contributed by atoms with Crippen molar-refractivity contribution in [3.8, 4) is 0 Å². The molecule has 0 aliphatic heterocycles. The Morgan fingerprint density at radius 2 is 2.04 bits per heavy atom. The van der Waals surface area contributed by atoms with E-state index in [4.69, 9.17) is 11.6 Å². The van der Waals surface area contributed by atoms with Gasteiger partial charge in [0.15, 0.2) is 5.16 Å². The Kier molecular flexibility index (Phi) is 7.05. The topological polar surface area (TPSA) is 93.1 Å². The number of fused-ring (bicyclic) bond motifs is 1. The molecule has 2 aromatic rings. The molecule has 26 heavy (non-hydrogen) atoms. The van der Waals surface area contributed by atoms with E-state index >= 15 is 0 Å². The van der Waals surface area contributed by atoms with Gasteiger partial charge >= 0.3 is 0 Å². The number of hydrogen-bond donors (Lipinski definition) is 2. The van der Waals surface area contributed by atoms with Crippen molar-refractivity contribution in [3.05, 3.63) is 33.6 Å². The number of nitrogens with zero attached hydrogens (tertiary/aromatic N) is 2. The van der Waals surface area contributed by atoms with Crippen LogP contribution in [0.15, 0.2) is 28.2 Å². The van der Waals surface area contributed by atoms with E-state index in [2.05, 4.69) is 15.6 Å². The molecule has 0 fully saturated rings. The first-order valence-electron chi connectivity index (χ1n) is 8.12. The Labute approximate surface area is 160 Å². The second-order valence-corrected chi connectivity index (χ2v) is 7.48. The fourth-order valence-corrected chi connectivity index (χ4v) is 3.27. The van der Waals surface area contributed by atoms with Gasteiger partial charge in [0.25, 0.3) is 5.56 Å². The minimum atomic E-state index is -0.305. The number of aromatic nitrogens is 2. The molecule has 2 N–H and O–H groups in total. The quantitative estimate of drug-likeness (QED) is 0.548. The van der Waals surface area contributed by atoms with Crippen molar-refractivity contribution in [3.63, 3.8) is 0 Å². The Morgan fingerprint density at radius 1 is 1.31 bits per heavy atom. The van der Waals surface area contributed by atoms with Gasteiger partial charge in [-0.05, 0) is 24.1 Å². The Bertz CT molecular complexity index is 882. The summed E-state index contributed by atoms with van der Waals surface area (Å²) in [5.41, 5.74) is 0.354. The van der Waals surface area contributed by atoms with Crippen molar-refractivity contribution in [1.82, 2.24) is 20.2 Å². The fourth-order valence-electron chi connectivity index (χ4n) is 2.26. The summed E-state index contributed by atoms with van der Waals surface area (Å²) in [7, 11) is 1.50. The van der Waals surface area contributed by atoms with E-state index in [0.717, 1.165) is 11.8 Å². The minimum absolute atomic E-state index is 0.0562. The zero-order chi connectivity index (χ0) is 19.3. The minimum Gasteiger partial charge on any atom is -0.358 e. The molecule has 0 radical (unpaired) electrons. The normalized spacial score (nSPS) is 11.0. The van der Waals surface area contributed by atoms with E-state index in [-0.39, 0.29) is 35.6 Å². The molecule has 0 saturated heterocycles. The summed E-state index contributed by atoms with van der Waals surface area (Å²) in [4.78, 5) is 40.5. The van der Waals surface area contributed by atoms with Crippen LogP contribution >= 0.6 is 23.4 Å². The lowest BCUT2D eigenvalue weighted by Gasteiger charge is -2.15. The average molecular weight is 397 g/mol. The summed E-state index contributed by atoms with van der Waals surface area (Å²) in [5.74, 6) is -0.297. The van der Waals surface area contributed by atoms with Crippen molar-refractivity contribution in [2.75, 3.05) is 19.3 Å². The van der Waals surface area contributed by atoms with Crippen LogP contribution in [0.25, 0.3) is 10.9 Å². The van der Waals surface area contributed by atoms with Gasteiger partial charge in [-0.3, -0.25) is 19.0 Å². The van der Waals surface area contributed by atoms with Gasteiger partial charge in [0.2, 0.25) is 11.8 Å². The Morgan fingerprint density at radius 3 is 2.69 bits per heavy atom. The third-order valence-electron chi connectivity index (χ3n) is 3.49. The van der Waals surface area contributed by atoms with Crippen LogP contribution < -0.4 is 16.2 Å². The molecule has 1 heterocycles. The highest BCUT2D eigenvalue weighted by atomic mass is 35.5. The van der Waals surface area contributed by atoms with Crippen LogP contribution in [-0.4, -0.2) is 40.7 Å². The Hall–Kier alpha value is -2.06. The summed E-state index contributed by atoms with van der Waals surface area (Å²) >= 11 is 7.16. The average Bonchev–Trinajstić information content (AvgIpc) is 2.60. The molecule has 2 rings (SSSR count). The molecule has 0 saturated carbocycles. The number of hydrogen-bond acceptors (Lipinski definition) is 5. The van der Waals surface area contributed by atoms with E-state index in [1.165, 1.54) is 7.05 Å². The maximum absolute atomic E-state index is 12.8. The van der Waals surface area contributed by atoms with Crippen LogP contribution in [0.4, 0.5) is 0 Å². The van der Waals surface area contributed by atoms with Crippen LogP contribution in [0.2, 0.25) is 5.02 Å². The van der Waals surface area contributed by atoms with Crippen LogP contribution in [-0.2, 0) is 16.1 Å². The van der Waals surface area contributed by atoms with E-state index in [1.807, 2.05) is 13.8 Å². The molecule has 0 spiro atoms. The number of benzene rings is 1. The first-order chi connectivity index (χ1) is 12.3. The maximum Gasteiger partial charge on any atom is 0.262 e. The second-order valence-electron chi connectivity index (χ2n) is 6.10. The smallest absolute Gasteiger partial charge is 0.262 e. The molecule has 0 atom stereocenters. The number of thioether (sulfide) groups is 1. The maximum atomic E-state index is 12.8. The van der Waals surface area contributed by atoms with Gasteiger partial charge in [-0.2, -0.15) is 0 Å². The lowest BCUT2D eigenvalue weighted by Crippen LogP contribution is -2.36. The summed E-state index contributed by atoms with van der Waals surface area (Å²) in [6.07, 6.45) is 0. The first kappa shape index (κ1) is 20.3. The summed E-state index contributed by atoms with van der Waals surface area (Å²) in [6, 6.07) is 4.97. The lowest BCUT2D eigenvalue weighted by atomic mass is 10.2. The van der Waals surface area contributed by atoms with Crippen molar-refractivity contribution in [2.24, 2.45) is 5.92 Å². The van der Waals surface area contributed by atoms with Crippen molar-refractivity contribution in [2.45, 2.75) is 25.5 Å². The van der Waals surface area contributed by atoms with Crippen LogP contribution in [0.1, 0.15) is 13.8 Å². The molecule has 2 amide bonds. The number of amides is 2. The van der Waals surface area contributed by atoms with E-state index in [1.54, 1.807) is 22.8 Å². The molecule has 0 aliphatic rings. The summed E-state index contributed by atoms with van der Waals surface area (Å²) in [5, 5.41) is 6.34. The molecule has 0 bridgehead atoms. The van der Waals surface area contributed by atoms with Crippen molar-refractivity contribution < 1.29 is 9.59 Å². The van der Waals surface area contributed by atoms with Gasteiger partial charge in [-0.15, -0.1) is 0 Å².